The lowest BCUT2D eigenvalue weighted by Gasteiger charge is -2.31. The molecule has 0 bridgehead atoms. The fourth-order valence-corrected chi connectivity index (χ4v) is 4.19. The Labute approximate surface area is 184 Å². The van der Waals surface area contributed by atoms with Crippen LogP contribution in [0.2, 0.25) is 0 Å². The van der Waals surface area contributed by atoms with Crippen LogP contribution >= 0.6 is 11.3 Å². The third-order valence-corrected chi connectivity index (χ3v) is 6.20. The van der Waals surface area contributed by atoms with Gasteiger partial charge in [-0.15, -0.1) is 11.3 Å². The van der Waals surface area contributed by atoms with Crippen LogP contribution in [-0.4, -0.2) is 64.6 Å². The van der Waals surface area contributed by atoms with E-state index in [1.165, 1.54) is 22.1 Å². The monoisotopic (exact) mass is 441 g/mol. The molecule has 7 nitrogen and oxygen atoms in total. The van der Waals surface area contributed by atoms with Crippen LogP contribution < -0.4 is 5.32 Å². The second-order valence-electron chi connectivity index (χ2n) is 7.66. The minimum Gasteiger partial charge on any atom is -0.335 e. The fraction of sp³-hybridized carbons (Fsp3) is 0.318. The van der Waals surface area contributed by atoms with Crippen LogP contribution in [-0.2, 0) is 11.3 Å². The molecule has 1 aliphatic rings. The molecule has 31 heavy (non-hydrogen) atoms. The number of carbonyl (C=O) groups is 2. The van der Waals surface area contributed by atoms with Gasteiger partial charge in [-0.3, -0.25) is 14.3 Å². The molecular weight excluding hydrogens is 417 g/mol. The van der Waals surface area contributed by atoms with Gasteiger partial charge in [-0.2, -0.15) is 5.10 Å². The van der Waals surface area contributed by atoms with Crippen molar-refractivity contribution < 1.29 is 14.0 Å². The first-order valence-electron chi connectivity index (χ1n) is 10.1. The molecular formula is C22H24FN5O2S. The van der Waals surface area contributed by atoms with Crippen LogP contribution in [0.5, 0.6) is 0 Å². The molecule has 1 N–H and O–H groups in total. The van der Waals surface area contributed by atoms with Crippen molar-refractivity contribution in [2.75, 3.05) is 38.5 Å². The number of nitrogens with one attached hydrogen (secondary N) is 1. The SMILES string of the molecule is Cc1ccc(NC(=O)Cn2nc(C(=O)N3CCN(C)CC3)cc2-c2cccs2)cc1F. The summed E-state index contributed by atoms with van der Waals surface area (Å²) >= 11 is 1.51. The van der Waals surface area contributed by atoms with Gasteiger partial charge >= 0.3 is 0 Å². The lowest BCUT2D eigenvalue weighted by atomic mass is 10.2. The molecule has 0 radical (unpaired) electrons. The van der Waals surface area contributed by atoms with Crippen molar-refractivity contribution in [3.8, 4) is 10.6 Å². The van der Waals surface area contributed by atoms with Crippen LogP contribution in [0.1, 0.15) is 16.1 Å². The number of anilines is 1. The maximum Gasteiger partial charge on any atom is 0.274 e. The molecule has 1 saturated heterocycles. The number of carbonyl (C=O) groups excluding carboxylic acids is 2. The number of hydrogen-bond acceptors (Lipinski definition) is 5. The first kappa shape index (κ1) is 21.2. The first-order valence-corrected chi connectivity index (χ1v) is 10.9. The molecule has 0 aliphatic carbocycles. The van der Waals surface area contributed by atoms with Crippen molar-refractivity contribution in [3.05, 3.63) is 58.9 Å². The highest BCUT2D eigenvalue weighted by molar-refractivity contribution is 7.13. The molecule has 1 aliphatic heterocycles. The van der Waals surface area contributed by atoms with E-state index in [1.807, 2.05) is 24.6 Å². The summed E-state index contributed by atoms with van der Waals surface area (Å²) in [5.41, 5.74) is 1.92. The van der Waals surface area contributed by atoms with E-state index in [-0.39, 0.29) is 24.2 Å². The molecule has 2 amide bonds. The zero-order valence-electron chi connectivity index (χ0n) is 17.5. The van der Waals surface area contributed by atoms with E-state index in [2.05, 4.69) is 15.3 Å². The van der Waals surface area contributed by atoms with E-state index < -0.39 is 0 Å². The highest BCUT2D eigenvalue weighted by Crippen LogP contribution is 2.26. The average molecular weight is 442 g/mol. The average Bonchev–Trinajstić information content (AvgIpc) is 3.41. The van der Waals surface area contributed by atoms with Gasteiger partial charge in [0.05, 0.1) is 10.6 Å². The summed E-state index contributed by atoms with van der Waals surface area (Å²) in [7, 11) is 2.03. The van der Waals surface area contributed by atoms with Crippen molar-refractivity contribution in [2.24, 2.45) is 0 Å². The van der Waals surface area contributed by atoms with Crippen molar-refractivity contribution in [2.45, 2.75) is 13.5 Å². The summed E-state index contributed by atoms with van der Waals surface area (Å²) < 4.78 is 15.3. The number of amides is 2. The third kappa shape index (κ3) is 4.83. The summed E-state index contributed by atoms with van der Waals surface area (Å²) in [6.07, 6.45) is 0. The summed E-state index contributed by atoms with van der Waals surface area (Å²) in [4.78, 5) is 30.5. The molecule has 1 fully saturated rings. The maximum atomic E-state index is 13.8. The van der Waals surface area contributed by atoms with E-state index >= 15 is 0 Å². The van der Waals surface area contributed by atoms with Gasteiger partial charge in [0, 0.05) is 31.9 Å². The maximum absolute atomic E-state index is 13.8. The van der Waals surface area contributed by atoms with Gasteiger partial charge in [-0.25, -0.2) is 4.39 Å². The van der Waals surface area contributed by atoms with E-state index in [0.29, 0.717) is 35.7 Å². The molecule has 0 spiro atoms. The van der Waals surface area contributed by atoms with E-state index in [9.17, 15) is 14.0 Å². The number of rotatable bonds is 5. The van der Waals surface area contributed by atoms with Crippen LogP contribution in [0.15, 0.2) is 41.8 Å². The van der Waals surface area contributed by atoms with Gasteiger partial charge in [0.2, 0.25) is 5.91 Å². The zero-order valence-corrected chi connectivity index (χ0v) is 18.3. The summed E-state index contributed by atoms with van der Waals surface area (Å²) in [6, 6.07) is 10.1. The van der Waals surface area contributed by atoms with Gasteiger partial charge in [-0.05, 0) is 49.2 Å². The molecule has 2 aromatic heterocycles. The minimum absolute atomic E-state index is 0.0846. The predicted octanol–water partition coefficient (Wildman–Crippen LogP) is 3.09. The number of aromatic nitrogens is 2. The van der Waals surface area contributed by atoms with Crippen molar-refractivity contribution in [1.29, 1.82) is 0 Å². The number of thiophene rings is 1. The van der Waals surface area contributed by atoms with Gasteiger partial charge in [0.25, 0.3) is 5.91 Å². The second kappa shape index (κ2) is 8.99. The van der Waals surface area contributed by atoms with E-state index in [0.717, 1.165) is 18.0 Å². The van der Waals surface area contributed by atoms with Crippen molar-refractivity contribution in [3.63, 3.8) is 0 Å². The van der Waals surface area contributed by atoms with Gasteiger partial charge in [-0.1, -0.05) is 12.1 Å². The Balaban J connectivity index is 1.55. The second-order valence-corrected chi connectivity index (χ2v) is 8.61. The predicted molar refractivity (Wildman–Crippen MR) is 119 cm³/mol. The highest BCUT2D eigenvalue weighted by Gasteiger charge is 2.24. The molecule has 1 aromatic carbocycles. The standard InChI is InChI=1S/C22H24FN5O2S/c1-15-5-6-16(12-17(15)23)24-21(29)14-28-19(20-4-3-11-31-20)13-18(25-28)22(30)27-9-7-26(2)8-10-27/h3-6,11-13H,7-10,14H2,1-2H3,(H,24,29). The Morgan fingerprint density at radius 1 is 1.16 bits per heavy atom. The number of nitrogens with zero attached hydrogens (tertiary/aromatic N) is 4. The Morgan fingerprint density at radius 3 is 2.61 bits per heavy atom. The summed E-state index contributed by atoms with van der Waals surface area (Å²) in [5, 5.41) is 9.09. The normalized spacial score (nSPS) is 14.6. The molecule has 3 heterocycles. The first-order chi connectivity index (χ1) is 14.9. The molecule has 0 atom stereocenters. The van der Waals surface area contributed by atoms with Gasteiger partial charge in [0.1, 0.15) is 12.4 Å². The number of aryl methyl sites for hydroxylation is 1. The van der Waals surface area contributed by atoms with Crippen LogP contribution in [0.25, 0.3) is 10.6 Å². The molecule has 3 aromatic rings. The lowest BCUT2D eigenvalue weighted by molar-refractivity contribution is -0.116. The van der Waals surface area contributed by atoms with E-state index in [1.54, 1.807) is 30.0 Å². The highest BCUT2D eigenvalue weighted by atomic mass is 32.1. The summed E-state index contributed by atoms with van der Waals surface area (Å²) in [5.74, 6) is -0.857. The molecule has 9 heteroatoms. The number of benzene rings is 1. The molecule has 4 rings (SSSR count). The topological polar surface area (TPSA) is 70.5 Å². The molecule has 0 saturated carbocycles. The van der Waals surface area contributed by atoms with Crippen LogP contribution in [0.4, 0.5) is 10.1 Å². The van der Waals surface area contributed by atoms with E-state index in [4.69, 9.17) is 0 Å². The lowest BCUT2D eigenvalue weighted by Crippen LogP contribution is -2.47. The quantitative estimate of drug-likeness (QED) is 0.661. The Hall–Kier alpha value is -3.04. The van der Waals surface area contributed by atoms with Crippen molar-refractivity contribution in [1.82, 2.24) is 19.6 Å². The number of piperazine rings is 1. The molecule has 162 valence electrons. The smallest absolute Gasteiger partial charge is 0.274 e. The number of hydrogen-bond donors (Lipinski definition) is 1. The molecule has 0 unspecified atom stereocenters. The van der Waals surface area contributed by atoms with Gasteiger partial charge < -0.3 is 15.1 Å². The fourth-order valence-electron chi connectivity index (χ4n) is 3.44. The zero-order chi connectivity index (χ0) is 22.0. The number of halogens is 1. The minimum atomic E-state index is -0.378. The summed E-state index contributed by atoms with van der Waals surface area (Å²) in [6.45, 7) is 4.52. The Morgan fingerprint density at radius 2 is 1.94 bits per heavy atom. The Kier molecular flexibility index (Phi) is 6.15. The van der Waals surface area contributed by atoms with Crippen LogP contribution in [0, 0.1) is 12.7 Å². The van der Waals surface area contributed by atoms with Gasteiger partial charge in [0.15, 0.2) is 5.69 Å². The Bertz CT molecular complexity index is 1090. The largest absolute Gasteiger partial charge is 0.335 e. The third-order valence-electron chi connectivity index (χ3n) is 5.31. The van der Waals surface area contributed by atoms with Crippen molar-refractivity contribution >= 4 is 28.8 Å². The van der Waals surface area contributed by atoms with Crippen LogP contribution in [0.3, 0.4) is 0 Å². The number of likely N-dealkylation sites (N-methyl/N-ethyl adjacent to an activating group) is 1.